The highest BCUT2D eigenvalue weighted by molar-refractivity contribution is 9.10. The lowest BCUT2D eigenvalue weighted by atomic mass is 10.1. The largest absolute Gasteiger partial charge is 0.346 e. The van der Waals surface area contributed by atoms with Gasteiger partial charge >= 0.3 is 0 Å². The van der Waals surface area contributed by atoms with Crippen LogP contribution in [0, 0.1) is 0 Å². The van der Waals surface area contributed by atoms with E-state index in [9.17, 15) is 9.59 Å². The molecule has 21 heavy (non-hydrogen) atoms. The van der Waals surface area contributed by atoms with Gasteiger partial charge in [-0.15, -0.1) is 0 Å². The molecule has 0 spiro atoms. The lowest BCUT2D eigenvalue weighted by Crippen LogP contribution is -2.25. The molecule has 0 saturated heterocycles. The van der Waals surface area contributed by atoms with Crippen molar-refractivity contribution in [2.75, 3.05) is 0 Å². The molecule has 2 aromatic rings. The first kappa shape index (κ1) is 13.9. The molecule has 0 radical (unpaired) electrons. The van der Waals surface area contributed by atoms with Crippen molar-refractivity contribution in [1.29, 1.82) is 0 Å². The summed E-state index contributed by atoms with van der Waals surface area (Å²) in [5.41, 5.74) is 1.78. The number of pyridine rings is 1. The highest BCUT2D eigenvalue weighted by Crippen LogP contribution is 2.40. The molecule has 0 atom stereocenters. The van der Waals surface area contributed by atoms with Gasteiger partial charge in [0.05, 0.1) is 23.5 Å². The van der Waals surface area contributed by atoms with Gasteiger partial charge in [0.2, 0.25) is 0 Å². The molecule has 6 nitrogen and oxygen atoms in total. The maximum Gasteiger partial charge on any atom is 0.264 e. The Morgan fingerprint density at radius 1 is 1.43 bits per heavy atom. The summed E-state index contributed by atoms with van der Waals surface area (Å²) in [5.74, 6) is 0.212. The predicted octanol–water partition coefficient (Wildman–Crippen LogP) is 1.73. The van der Waals surface area contributed by atoms with Crippen LogP contribution in [0.15, 0.2) is 33.7 Å². The quantitative estimate of drug-likeness (QED) is 0.880. The van der Waals surface area contributed by atoms with Crippen LogP contribution in [0.25, 0.3) is 0 Å². The molecule has 0 aliphatic heterocycles. The van der Waals surface area contributed by atoms with E-state index in [2.05, 4.69) is 36.4 Å². The number of halogens is 1. The van der Waals surface area contributed by atoms with E-state index < -0.39 is 0 Å². The van der Waals surface area contributed by atoms with Gasteiger partial charge in [0.25, 0.3) is 11.5 Å². The zero-order valence-electron chi connectivity index (χ0n) is 11.1. The standard InChI is InChI=1S/C14H13BrN4O2/c15-9-5-11(13(16-6-9)8-1-2-8)14(21)17-7-10-3-4-12(20)19-18-10/h3-6,8H,1-2,7H2,(H,17,21)(H,19,20). The first-order valence-electron chi connectivity index (χ1n) is 6.62. The molecule has 2 heterocycles. The van der Waals surface area contributed by atoms with Gasteiger partial charge in [-0.05, 0) is 40.9 Å². The van der Waals surface area contributed by atoms with Crippen LogP contribution < -0.4 is 10.9 Å². The monoisotopic (exact) mass is 348 g/mol. The minimum absolute atomic E-state index is 0.182. The number of hydrogen-bond acceptors (Lipinski definition) is 4. The second kappa shape index (κ2) is 5.77. The number of nitrogens with zero attached hydrogens (tertiary/aromatic N) is 2. The second-order valence-corrected chi connectivity index (χ2v) is 5.87. The van der Waals surface area contributed by atoms with Crippen molar-refractivity contribution in [2.24, 2.45) is 0 Å². The number of nitrogens with one attached hydrogen (secondary N) is 2. The predicted molar refractivity (Wildman–Crippen MR) is 79.9 cm³/mol. The third-order valence-electron chi connectivity index (χ3n) is 3.26. The lowest BCUT2D eigenvalue weighted by molar-refractivity contribution is 0.0948. The molecule has 1 fully saturated rings. The van der Waals surface area contributed by atoms with Crippen molar-refractivity contribution in [2.45, 2.75) is 25.3 Å². The van der Waals surface area contributed by atoms with E-state index in [0.29, 0.717) is 17.2 Å². The average Bonchev–Trinajstić information content (AvgIpc) is 3.31. The summed E-state index contributed by atoms with van der Waals surface area (Å²) in [5, 5.41) is 8.99. The van der Waals surface area contributed by atoms with Crippen LogP contribution in [0.1, 0.15) is 40.5 Å². The van der Waals surface area contributed by atoms with Gasteiger partial charge < -0.3 is 5.32 Å². The smallest absolute Gasteiger partial charge is 0.264 e. The highest BCUT2D eigenvalue weighted by atomic mass is 79.9. The van der Waals surface area contributed by atoms with Gasteiger partial charge in [-0.2, -0.15) is 5.10 Å². The van der Waals surface area contributed by atoms with E-state index in [4.69, 9.17) is 0 Å². The van der Waals surface area contributed by atoms with E-state index in [1.807, 2.05) is 0 Å². The topological polar surface area (TPSA) is 87.7 Å². The molecule has 0 unspecified atom stereocenters. The Hall–Kier alpha value is -2.02. The third kappa shape index (κ3) is 3.36. The normalized spacial score (nSPS) is 14.0. The molecular weight excluding hydrogens is 336 g/mol. The molecule has 3 rings (SSSR count). The van der Waals surface area contributed by atoms with Gasteiger partial charge in [0.1, 0.15) is 0 Å². The van der Waals surface area contributed by atoms with Crippen molar-refractivity contribution in [1.82, 2.24) is 20.5 Å². The number of amides is 1. The van der Waals surface area contributed by atoms with Crippen LogP contribution in [-0.2, 0) is 6.54 Å². The SMILES string of the molecule is O=C(NCc1ccc(=O)[nH]n1)c1cc(Br)cnc1C1CC1. The minimum Gasteiger partial charge on any atom is -0.346 e. The zero-order chi connectivity index (χ0) is 14.8. The van der Waals surface area contributed by atoms with Crippen LogP contribution in [0.4, 0.5) is 0 Å². The highest BCUT2D eigenvalue weighted by Gasteiger charge is 2.29. The summed E-state index contributed by atoms with van der Waals surface area (Å²) in [6.07, 6.45) is 3.88. The Morgan fingerprint density at radius 3 is 2.90 bits per heavy atom. The number of aromatic amines is 1. The summed E-state index contributed by atoms with van der Waals surface area (Å²) < 4.78 is 0.777. The van der Waals surface area contributed by atoms with E-state index in [1.165, 1.54) is 6.07 Å². The number of hydrogen-bond donors (Lipinski definition) is 2. The zero-order valence-corrected chi connectivity index (χ0v) is 12.7. The molecule has 1 amide bonds. The van der Waals surface area contributed by atoms with Crippen LogP contribution in [0.3, 0.4) is 0 Å². The fraction of sp³-hybridized carbons (Fsp3) is 0.286. The Morgan fingerprint density at radius 2 is 2.24 bits per heavy atom. The summed E-state index contributed by atoms with van der Waals surface area (Å²) in [4.78, 5) is 27.6. The molecule has 0 bridgehead atoms. The van der Waals surface area contributed by atoms with E-state index in [1.54, 1.807) is 18.3 Å². The fourth-order valence-electron chi connectivity index (χ4n) is 2.05. The molecule has 108 valence electrons. The molecular formula is C14H13BrN4O2. The van der Waals surface area contributed by atoms with Crippen molar-refractivity contribution in [3.63, 3.8) is 0 Å². The molecule has 0 aromatic carbocycles. The molecule has 2 N–H and O–H groups in total. The number of H-pyrrole nitrogens is 1. The van der Waals surface area contributed by atoms with E-state index in [0.717, 1.165) is 23.0 Å². The van der Waals surface area contributed by atoms with Crippen molar-refractivity contribution >= 4 is 21.8 Å². The fourth-order valence-corrected chi connectivity index (χ4v) is 2.38. The Labute approximate surface area is 129 Å². The molecule has 1 aliphatic carbocycles. The van der Waals surface area contributed by atoms with Crippen molar-refractivity contribution in [3.8, 4) is 0 Å². The number of rotatable bonds is 4. The first-order chi connectivity index (χ1) is 10.1. The molecule has 1 saturated carbocycles. The van der Waals surface area contributed by atoms with E-state index >= 15 is 0 Å². The van der Waals surface area contributed by atoms with Crippen LogP contribution in [0.5, 0.6) is 0 Å². The first-order valence-corrected chi connectivity index (χ1v) is 7.41. The summed E-state index contributed by atoms with van der Waals surface area (Å²) in [7, 11) is 0. The summed E-state index contributed by atoms with van der Waals surface area (Å²) in [6.45, 7) is 0.256. The number of aromatic nitrogens is 3. The Bertz CT molecular complexity index is 719. The molecule has 1 aliphatic rings. The van der Waals surface area contributed by atoms with Gasteiger partial charge in [-0.1, -0.05) is 0 Å². The number of carbonyl (C=O) groups is 1. The van der Waals surface area contributed by atoms with Gasteiger partial charge in [-0.25, -0.2) is 5.10 Å². The third-order valence-corrected chi connectivity index (χ3v) is 3.69. The molecule has 7 heteroatoms. The number of carbonyl (C=O) groups excluding carboxylic acids is 1. The van der Waals surface area contributed by atoms with Gasteiger partial charge in [-0.3, -0.25) is 14.6 Å². The van der Waals surface area contributed by atoms with Crippen LogP contribution in [0.2, 0.25) is 0 Å². The second-order valence-electron chi connectivity index (χ2n) is 4.96. The molecule has 2 aromatic heterocycles. The Kier molecular flexibility index (Phi) is 3.83. The Balaban J connectivity index is 1.74. The van der Waals surface area contributed by atoms with Crippen molar-refractivity contribution < 1.29 is 4.79 Å². The lowest BCUT2D eigenvalue weighted by Gasteiger charge is -2.09. The van der Waals surface area contributed by atoms with E-state index in [-0.39, 0.29) is 18.0 Å². The summed E-state index contributed by atoms with van der Waals surface area (Å²) in [6, 6.07) is 4.75. The van der Waals surface area contributed by atoms with Crippen molar-refractivity contribution in [3.05, 3.63) is 56.2 Å². The maximum absolute atomic E-state index is 12.3. The minimum atomic E-state index is -0.266. The average molecular weight is 349 g/mol. The van der Waals surface area contributed by atoms with Crippen LogP contribution in [-0.4, -0.2) is 21.1 Å². The van der Waals surface area contributed by atoms with Gasteiger partial charge in [0.15, 0.2) is 0 Å². The van der Waals surface area contributed by atoms with Crippen LogP contribution >= 0.6 is 15.9 Å². The summed E-state index contributed by atoms with van der Waals surface area (Å²) >= 11 is 3.34. The maximum atomic E-state index is 12.3. The van der Waals surface area contributed by atoms with Gasteiger partial charge in [0, 0.05) is 22.7 Å².